The molecule has 2 aliphatic heterocycles. The van der Waals surface area contributed by atoms with Crippen molar-refractivity contribution in [1.29, 1.82) is 0 Å². The Kier molecular flexibility index (Phi) is 14.9. The van der Waals surface area contributed by atoms with E-state index in [1.165, 1.54) is 5.06 Å². The molecule has 2 heterocycles. The molecule has 0 atom stereocenters. The van der Waals surface area contributed by atoms with Gasteiger partial charge in [0.05, 0.1) is 0 Å². The van der Waals surface area contributed by atoms with Gasteiger partial charge in [0.25, 0.3) is 0 Å². The monoisotopic (exact) mass is 557 g/mol. The van der Waals surface area contributed by atoms with Crippen molar-refractivity contribution in [3.63, 3.8) is 0 Å². The van der Waals surface area contributed by atoms with Crippen LogP contribution in [0.25, 0.3) is 0 Å². The average molecular weight is 558 g/mol. The van der Waals surface area contributed by atoms with Gasteiger partial charge in [-0.2, -0.15) is 16.0 Å². The van der Waals surface area contributed by atoms with Gasteiger partial charge >= 0.3 is 0 Å². The zero-order valence-electron chi connectivity index (χ0n) is 24.5. The van der Waals surface area contributed by atoms with E-state index in [0.717, 1.165) is 31.6 Å². The third kappa shape index (κ3) is 11.7. The Morgan fingerprint density at radius 2 is 1.06 bits per heavy atom. The van der Waals surface area contributed by atoms with Gasteiger partial charge < -0.3 is 29.1 Å². The molecule has 2 saturated heterocycles. The van der Waals surface area contributed by atoms with Crippen molar-refractivity contribution in [1.82, 2.24) is 10.1 Å². The second-order valence-electron chi connectivity index (χ2n) is 13.7. The quantitative estimate of drug-likeness (QED) is 0.359. The summed E-state index contributed by atoms with van der Waals surface area (Å²) in [5.74, 6) is 2.35. The van der Waals surface area contributed by atoms with E-state index in [9.17, 15) is 15.2 Å². The van der Waals surface area contributed by atoms with Gasteiger partial charge in [-0.25, -0.2) is 0 Å². The molecule has 2 aliphatic rings. The van der Waals surface area contributed by atoms with Crippen molar-refractivity contribution in [2.24, 2.45) is 23.7 Å². The summed E-state index contributed by atoms with van der Waals surface area (Å²) in [7, 11) is 0. The summed E-state index contributed by atoms with van der Waals surface area (Å²) in [6.45, 7) is 32.3. The SMILES string of the molecule is CC(C)C1CC(C)(C)N(O)C(C)(C)C1.[CH2-]C(=O)CC1CC(C)(C)N(O)C(C)(C)C1.[CH2-]C(C)C.[Y]. The molecule has 5 nitrogen and oxygen atoms in total. The number of carbonyl (C=O) groups excluding carboxylic acids is 1. The van der Waals surface area contributed by atoms with Gasteiger partial charge in [0.2, 0.25) is 0 Å². The van der Waals surface area contributed by atoms with E-state index in [4.69, 9.17) is 0 Å². The van der Waals surface area contributed by atoms with Crippen molar-refractivity contribution < 1.29 is 47.9 Å². The van der Waals surface area contributed by atoms with Gasteiger partial charge in [0, 0.05) is 54.9 Å². The van der Waals surface area contributed by atoms with Crippen molar-refractivity contribution >= 4 is 5.78 Å². The first-order chi connectivity index (χ1) is 14.5. The van der Waals surface area contributed by atoms with E-state index in [0.29, 0.717) is 24.2 Å². The normalized spacial score (nSPS) is 24.4. The Morgan fingerprint density at radius 1 is 0.794 bits per heavy atom. The molecule has 0 spiro atoms. The van der Waals surface area contributed by atoms with Crippen LogP contribution in [-0.4, -0.2) is 48.5 Å². The molecule has 0 saturated carbocycles. The van der Waals surface area contributed by atoms with Crippen LogP contribution < -0.4 is 0 Å². The second kappa shape index (κ2) is 13.9. The fourth-order valence-corrected chi connectivity index (χ4v) is 5.76. The van der Waals surface area contributed by atoms with E-state index >= 15 is 0 Å². The van der Waals surface area contributed by atoms with Gasteiger partial charge in [0.15, 0.2) is 0 Å². The Bertz CT molecular complexity index is 576. The predicted octanol–water partition coefficient (Wildman–Crippen LogP) is 7.21. The molecule has 2 N–H and O–H groups in total. The van der Waals surface area contributed by atoms with Gasteiger partial charge in [-0.05, 0) is 111 Å². The summed E-state index contributed by atoms with van der Waals surface area (Å²) in [4.78, 5) is 11.0. The van der Waals surface area contributed by atoms with Crippen LogP contribution in [0.3, 0.4) is 0 Å². The molecule has 0 aromatic heterocycles. The third-order valence-corrected chi connectivity index (χ3v) is 6.85. The van der Waals surface area contributed by atoms with Gasteiger partial charge in [0.1, 0.15) is 0 Å². The van der Waals surface area contributed by atoms with E-state index in [1.54, 1.807) is 5.06 Å². The van der Waals surface area contributed by atoms with E-state index in [-0.39, 0.29) is 60.6 Å². The second-order valence-corrected chi connectivity index (χ2v) is 13.7. The molecule has 0 aromatic carbocycles. The molecule has 0 aliphatic carbocycles. The first kappa shape index (κ1) is 36.6. The molecule has 201 valence electrons. The molecule has 2 fully saturated rings. The largest absolute Gasteiger partial charge is 0.341 e. The van der Waals surface area contributed by atoms with Crippen LogP contribution in [0, 0.1) is 37.5 Å². The maximum atomic E-state index is 11.0. The van der Waals surface area contributed by atoms with Crippen LogP contribution in [0.4, 0.5) is 0 Å². The molecule has 6 heteroatoms. The Balaban J connectivity index is 0. The van der Waals surface area contributed by atoms with Crippen LogP contribution >= 0.6 is 0 Å². The summed E-state index contributed by atoms with van der Waals surface area (Å²) >= 11 is 0. The fraction of sp³-hybridized carbons (Fsp3) is 0.893. The molecular formula is C28H56N2O3Y-2. The van der Waals surface area contributed by atoms with E-state index in [1.807, 2.05) is 27.7 Å². The average Bonchev–Trinajstić information content (AvgIpc) is 2.55. The number of Topliss-reactive ketones (excluding diaryl/α,β-unsaturated/α-hetero) is 1. The zero-order chi connectivity index (χ0) is 26.6. The Labute approximate surface area is 237 Å². The van der Waals surface area contributed by atoms with Crippen LogP contribution in [0.15, 0.2) is 0 Å². The van der Waals surface area contributed by atoms with Crippen molar-refractivity contribution in [3.8, 4) is 0 Å². The molecule has 0 amide bonds. The van der Waals surface area contributed by atoms with Crippen LogP contribution in [0.5, 0.6) is 0 Å². The molecule has 0 unspecified atom stereocenters. The number of hydrogen-bond donors (Lipinski definition) is 2. The Hall–Kier alpha value is 0.484. The van der Waals surface area contributed by atoms with Gasteiger partial charge in [-0.15, -0.1) is 0 Å². The number of carbonyl (C=O) groups is 1. The summed E-state index contributed by atoms with van der Waals surface area (Å²) in [6, 6.07) is 0. The molecule has 1 radical (unpaired) electrons. The smallest absolute Gasteiger partial charge is 0.0413 e. The number of nitrogens with zero attached hydrogens (tertiary/aromatic N) is 2. The minimum atomic E-state index is -0.262. The number of hydroxylamine groups is 4. The fourth-order valence-electron chi connectivity index (χ4n) is 5.76. The summed E-state index contributed by atoms with van der Waals surface area (Å²) in [5.41, 5.74) is -0.697. The third-order valence-electron chi connectivity index (χ3n) is 6.85. The Morgan fingerprint density at radius 3 is 1.29 bits per heavy atom. The first-order valence-corrected chi connectivity index (χ1v) is 12.7. The first-order valence-electron chi connectivity index (χ1n) is 12.7. The maximum Gasteiger partial charge on any atom is 0.0413 e. The van der Waals surface area contributed by atoms with E-state index in [2.05, 4.69) is 69.2 Å². The molecule has 34 heavy (non-hydrogen) atoms. The van der Waals surface area contributed by atoms with Crippen LogP contribution in [0.2, 0.25) is 0 Å². The standard InChI is InChI=1S/C12H22NO2.C12H25NO.C4H9.Y/c1-9(14)6-10-7-11(2,3)13(15)12(4,5)8-10;1-9(2)10-7-11(3,4)13(14)12(5,6)8-10;1-4(2)3;/h10,15H,1,6-8H2,2-5H3;9-10,14H,7-8H2,1-6H3;4H,1H2,2-3H3;/q-1;;-1;. The minimum absolute atomic E-state index is 0. The summed E-state index contributed by atoms with van der Waals surface area (Å²) < 4.78 is 0. The topological polar surface area (TPSA) is 64.0 Å². The minimum Gasteiger partial charge on any atom is -0.341 e. The van der Waals surface area contributed by atoms with E-state index < -0.39 is 0 Å². The number of piperidine rings is 2. The van der Waals surface area contributed by atoms with Gasteiger partial charge in [-0.1, -0.05) is 27.7 Å². The molecule has 2 rings (SSSR count). The molecular weight excluding hydrogens is 501 g/mol. The van der Waals surface area contributed by atoms with Gasteiger partial charge in [-0.3, -0.25) is 0 Å². The summed E-state index contributed by atoms with van der Waals surface area (Å²) in [5, 5.41) is 23.1. The molecule has 0 bridgehead atoms. The number of hydrogen-bond acceptors (Lipinski definition) is 5. The maximum absolute atomic E-state index is 11.0. The number of ketones is 1. The predicted molar refractivity (Wildman–Crippen MR) is 139 cm³/mol. The summed E-state index contributed by atoms with van der Waals surface area (Å²) in [6.07, 6.45) is 4.39. The van der Waals surface area contributed by atoms with Crippen molar-refractivity contribution in [2.45, 2.75) is 137 Å². The number of rotatable bonds is 3. The van der Waals surface area contributed by atoms with Crippen molar-refractivity contribution in [3.05, 3.63) is 13.8 Å². The van der Waals surface area contributed by atoms with Crippen molar-refractivity contribution in [2.75, 3.05) is 0 Å². The van der Waals surface area contributed by atoms with Crippen LogP contribution in [0.1, 0.15) is 115 Å². The van der Waals surface area contributed by atoms with Crippen LogP contribution in [-0.2, 0) is 37.5 Å². The zero-order valence-corrected chi connectivity index (χ0v) is 27.4. The molecule has 0 aromatic rings.